The van der Waals surface area contributed by atoms with Gasteiger partial charge in [0.25, 0.3) is 0 Å². The molecular weight excluding hydrogens is 1150 g/mol. The maximum atomic E-state index is 12.6. The molecule has 6 rings (SSSR count). The largest absolute Gasteiger partial charge is 1.00 e. The van der Waals surface area contributed by atoms with Crippen molar-refractivity contribution < 1.29 is 252 Å². The van der Waals surface area contributed by atoms with Crippen molar-refractivity contribution in [2.45, 2.75) is 9.79 Å². The monoisotopic (exact) mass is 1180 g/mol. The number of hydrogen-bond donors (Lipinski definition) is 6. The van der Waals surface area contributed by atoms with E-state index in [9.17, 15) is 56.3 Å². The van der Waals surface area contributed by atoms with Crippen molar-refractivity contribution in [1.29, 1.82) is 0 Å². The van der Waals surface area contributed by atoms with Crippen molar-refractivity contribution in [2.75, 3.05) is 56.5 Å². The van der Waals surface area contributed by atoms with Gasteiger partial charge in [-0.25, -0.2) is 16.8 Å². The minimum Gasteiger partial charge on any atom is -0.748 e. The molecule has 2 heterocycles. The summed E-state index contributed by atoms with van der Waals surface area (Å²) in [6.45, 7) is -0.221. The summed E-state index contributed by atoms with van der Waals surface area (Å²) in [6.07, 6.45) is 2.69. The SMILES string of the molecule is O=C([O-])c1ccc(Nc2nc(NCCSOO[O-])nc(Nc3ccc(/C=C/c4ccc(Nc5nc(NCCS(=O)(=O)[O-])nc(Nc6ccc(C(=O)[O-])cc6)n5)cc4S(=O)(=O)[O-])c(SOO[O-])c3)n2)cc1.[Na+].[Na+].[Na+].[Na+].[Na+].[Na+]. The molecule has 38 heteroatoms. The second kappa shape index (κ2) is 36.9. The van der Waals surface area contributed by atoms with Crippen LogP contribution < -0.4 is 230 Å². The predicted octanol–water partition coefficient (Wildman–Crippen LogP) is -17.7. The Bertz CT molecular complexity index is 3100. The zero-order valence-electron chi connectivity index (χ0n) is 40.9. The van der Waals surface area contributed by atoms with Crippen LogP contribution in [0.5, 0.6) is 0 Å². The molecule has 0 aliphatic carbocycles. The Labute approximate surface area is 574 Å². The number of nitrogens with zero attached hydrogens (tertiary/aromatic N) is 6. The molecule has 0 saturated heterocycles. The Hall–Kier alpha value is -1.34. The van der Waals surface area contributed by atoms with Gasteiger partial charge in [0, 0.05) is 58.5 Å². The third-order valence-corrected chi connectivity index (χ3v) is 11.4. The van der Waals surface area contributed by atoms with Crippen molar-refractivity contribution in [3.63, 3.8) is 0 Å². The van der Waals surface area contributed by atoms with E-state index in [2.05, 4.69) is 80.5 Å². The number of carboxylic acid groups (broad SMARTS) is 2. The fourth-order valence-electron chi connectivity index (χ4n) is 5.59. The zero-order chi connectivity index (χ0) is 50.3. The molecule has 0 spiro atoms. The Kier molecular flexibility index (Phi) is 36.2. The second-order valence-electron chi connectivity index (χ2n) is 13.4. The minimum absolute atomic E-state index is 0. The molecule has 4 aromatic carbocycles. The van der Waals surface area contributed by atoms with E-state index in [1.807, 2.05) is 0 Å². The number of rotatable bonds is 26. The molecule has 6 N–H and O–H groups in total. The topological polar surface area (TPSA) is 427 Å². The fraction of sp³-hybridized carbons (Fsp3) is 0.105. The summed E-state index contributed by atoms with van der Waals surface area (Å²) in [5.41, 5.74) is 1.03. The molecule has 0 radical (unpaired) electrons. The summed E-state index contributed by atoms with van der Waals surface area (Å²) in [7, 11) is -9.82. The van der Waals surface area contributed by atoms with Gasteiger partial charge in [0.1, 0.15) is 10.1 Å². The zero-order valence-corrected chi connectivity index (χ0v) is 56.2. The van der Waals surface area contributed by atoms with E-state index in [1.165, 1.54) is 84.9 Å². The van der Waals surface area contributed by atoms with E-state index in [4.69, 9.17) is 0 Å². The van der Waals surface area contributed by atoms with Gasteiger partial charge in [-0.2, -0.15) is 38.6 Å². The number of benzene rings is 4. The van der Waals surface area contributed by atoms with E-state index < -0.39 is 49.4 Å². The summed E-state index contributed by atoms with van der Waals surface area (Å²) < 4.78 is 80.2. The van der Waals surface area contributed by atoms with Crippen LogP contribution in [0.2, 0.25) is 0 Å². The van der Waals surface area contributed by atoms with Gasteiger partial charge in [0.05, 0.1) is 44.7 Å². The Morgan fingerprint density at radius 1 is 0.526 bits per heavy atom. The molecule has 6 aromatic rings. The number of anilines is 10. The molecule has 0 amide bonds. The maximum absolute atomic E-state index is 12.6. The predicted molar refractivity (Wildman–Crippen MR) is 238 cm³/mol. The van der Waals surface area contributed by atoms with Crippen LogP contribution in [-0.2, 0) is 39.0 Å². The van der Waals surface area contributed by atoms with Gasteiger partial charge >= 0.3 is 177 Å². The van der Waals surface area contributed by atoms with E-state index in [0.717, 1.165) is 6.07 Å². The number of aromatic nitrogens is 6. The van der Waals surface area contributed by atoms with E-state index >= 15 is 0 Å². The van der Waals surface area contributed by atoms with Crippen molar-refractivity contribution in [3.05, 3.63) is 107 Å². The average molecular weight is 1180 g/mol. The summed E-state index contributed by atoms with van der Waals surface area (Å²) in [4.78, 5) is 47.3. The molecule has 0 fully saturated rings. The summed E-state index contributed by atoms with van der Waals surface area (Å²) in [6, 6.07) is 18.9. The standard InChI is InChI=1S/C38H36N12O16S4.6Na/c51-31(52)23-5-9-25(10-6-23)41-35-45-33(39-15-17-67-65-63-55)46-37(49-35)43-27-13-3-21(29(19-27)68-66-64-56)1-2-22-4-14-28(20-30(22)70(60,61)62)44-38-48-34(40-16-18-69(57,58)59)47-36(50-38)42-26-11-7-24(8-12-26)32(53)54;;;;;;/h1-14,19-20,55-56H,15-18H2,(H,51,52)(H,53,54)(H,57,58,59)(H,60,61,62)(H3,39,41,43,45,46,49)(H3,40,42,44,47,48,50);;;;;;/q;6*+1/p-6/b2-1+;;;;;;. The smallest absolute Gasteiger partial charge is 0.748 e. The number of hydrogen-bond acceptors (Lipinski definition) is 30. The first-order valence-electron chi connectivity index (χ1n) is 19.2. The number of carbonyl (C=O) groups is 2. The van der Waals surface area contributed by atoms with Crippen LogP contribution in [0.15, 0.2) is 94.7 Å². The quantitative estimate of drug-likeness (QED) is 0.00558. The molecule has 28 nitrogen and oxygen atoms in total. The molecule has 0 bridgehead atoms. The summed E-state index contributed by atoms with van der Waals surface area (Å²) in [5, 5.41) is 67.2. The molecule has 0 unspecified atom stereocenters. The molecular formula is C38H30N12Na6O16S4. The van der Waals surface area contributed by atoms with Crippen LogP contribution >= 0.6 is 24.1 Å². The molecule has 2 aromatic heterocycles. The molecule has 0 saturated carbocycles. The van der Waals surface area contributed by atoms with E-state index in [1.54, 1.807) is 6.07 Å². The fourth-order valence-corrected chi connectivity index (χ4v) is 7.44. The van der Waals surface area contributed by atoms with Crippen molar-refractivity contribution in [3.8, 4) is 0 Å². The molecule has 368 valence electrons. The molecule has 0 atom stereocenters. The first kappa shape index (κ1) is 74.7. The van der Waals surface area contributed by atoms with Crippen LogP contribution in [0.25, 0.3) is 12.2 Å². The van der Waals surface area contributed by atoms with E-state index in [-0.39, 0.29) is 253 Å². The van der Waals surface area contributed by atoms with Gasteiger partial charge in [-0.3, -0.25) is 10.1 Å². The second-order valence-corrected chi connectivity index (χ2v) is 17.8. The molecule has 0 aliphatic heterocycles. The molecule has 76 heavy (non-hydrogen) atoms. The van der Waals surface area contributed by atoms with Gasteiger partial charge in [0.15, 0.2) is 0 Å². The normalized spacial score (nSPS) is 10.6. The van der Waals surface area contributed by atoms with Crippen LogP contribution in [0.1, 0.15) is 31.8 Å². The Morgan fingerprint density at radius 3 is 1.36 bits per heavy atom. The number of nitrogens with one attached hydrogen (secondary N) is 6. The number of carbonyl (C=O) groups excluding carboxylic acids is 2. The van der Waals surface area contributed by atoms with Gasteiger partial charge in [-0.15, -0.1) is 0 Å². The Morgan fingerprint density at radius 2 is 0.921 bits per heavy atom. The first-order valence-corrected chi connectivity index (χ1v) is 23.9. The van der Waals surface area contributed by atoms with Crippen LogP contribution in [-0.4, -0.2) is 92.4 Å². The first-order chi connectivity index (χ1) is 33.4. The minimum atomic E-state index is -5.19. The third-order valence-electron chi connectivity index (χ3n) is 8.61. The van der Waals surface area contributed by atoms with Gasteiger partial charge in [0.2, 0.25) is 35.7 Å². The van der Waals surface area contributed by atoms with E-state index in [0.29, 0.717) is 46.7 Å². The molecule has 0 aliphatic rings. The van der Waals surface area contributed by atoms with Crippen LogP contribution in [0.3, 0.4) is 0 Å². The Balaban J connectivity index is 0.00000937. The van der Waals surface area contributed by atoms with Crippen LogP contribution in [0, 0.1) is 0 Å². The summed E-state index contributed by atoms with van der Waals surface area (Å²) in [5.74, 6) is -4.06. The number of carboxylic acids is 2. The number of aromatic carboxylic acids is 2. The maximum Gasteiger partial charge on any atom is 1.00 e. The van der Waals surface area contributed by atoms with Crippen molar-refractivity contribution in [1.82, 2.24) is 29.9 Å². The van der Waals surface area contributed by atoms with Gasteiger partial charge in [-0.1, -0.05) is 48.6 Å². The van der Waals surface area contributed by atoms with Crippen molar-refractivity contribution in [2.24, 2.45) is 0 Å². The van der Waals surface area contributed by atoms with Gasteiger partial charge in [-0.05, 0) is 70.8 Å². The van der Waals surface area contributed by atoms with Crippen molar-refractivity contribution >= 4 is 127 Å². The third kappa shape index (κ3) is 25.2. The van der Waals surface area contributed by atoms with Gasteiger partial charge < -0.3 is 71.3 Å². The average Bonchev–Trinajstić information content (AvgIpc) is 3.30. The summed E-state index contributed by atoms with van der Waals surface area (Å²) >= 11 is 1.18. The van der Waals surface area contributed by atoms with Crippen LogP contribution in [0.4, 0.5) is 58.4 Å².